The number of methoxy groups -OCH3 is 4. The van der Waals surface area contributed by atoms with Crippen molar-refractivity contribution in [1.82, 2.24) is 5.32 Å². The van der Waals surface area contributed by atoms with Crippen molar-refractivity contribution in [3.8, 4) is 17.2 Å². The van der Waals surface area contributed by atoms with Gasteiger partial charge in [0, 0.05) is 34.9 Å². The summed E-state index contributed by atoms with van der Waals surface area (Å²) in [5.41, 5.74) is 2.55. The van der Waals surface area contributed by atoms with E-state index in [0.29, 0.717) is 40.5 Å². The molecule has 7 heteroatoms. The van der Waals surface area contributed by atoms with Gasteiger partial charge in [0.05, 0.1) is 28.4 Å². The van der Waals surface area contributed by atoms with E-state index < -0.39 is 17.8 Å². The fraction of sp³-hybridized carbons (Fsp3) is 0.429. The van der Waals surface area contributed by atoms with Gasteiger partial charge in [0.2, 0.25) is 5.75 Å². The molecule has 0 bridgehead atoms. The molecule has 1 N–H and O–H groups in total. The summed E-state index contributed by atoms with van der Waals surface area (Å²) in [5, 5.41) is 3.17. The number of nitrogens with one attached hydrogen (secondary N) is 1. The van der Waals surface area contributed by atoms with Gasteiger partial charge in [-0.25, -0.2) is 0 Å². The van der Waals surface area contributed by atoms with Gasteiger partial charge in [-0.15, -0.1) is 0 Å². The van der Waals surface area contributed by atoms with Crippen molar-refractivity contribution in [3.05, 3.63) is 41.2 Å². The third kappa shape index (κ3) is 3.10. The SMILES string of the molecule is C=C1NC2=C(C(=O)CCC2)C(c2ccc(OC)c(OC)c2OC)C1C(=O)OC. The van der Waals surface area contributed by atoms with Crippen LogP contribution in [0.15, 0.2) is 35.7 Å². The molecule has 28 heavy (non-hydrogen) atoms. The van der Waals surface area contributed by atoms with E-state index in [1.165, 1.54) is 28.4 Å². The average Bonchev–Trinajstić information content (AvgIpc) is 2.71. The van der Waals surface area contributed by atoms with Crippen molar-refractivity contribution in [2.75, 3.05) is 28.4 Å². The summed E-state index contributed by atoms with van der Waals surface area (Å²) in [6.07, 6.45) is 1.92. The number of ether oxygens (including phenoxy) is 4. The van der Waals surface area contributed by atoms with Crippen LogP contribution in [-0.2, 0) is 14.3 Å². The monoisotopic (exact) mass is 387 g/mol. The standard InChI is InChI=1S/C21H25NO6/c1-11-16(21(24)28-5)17(18-13(22-11)7-6-8-14(18)23)12-9-10-15(25-2)20(27-4)19(12)26-3/h9-10,16-17,22H,1,6-8H2,2-5H3. The van der Waals surface area contributed by atoms with E-state index in [0.717, 1.165) is 18.5 Å². The van der Waals surface area contributed by atoms with Gasteiger partial charge in [-0.2, -0.15) is 0 Å². The summed E-state index contributed by atoms with van der Waals surface area (Å²) in [5.74, 6) is -0.492. The third-order valence-corrected chi connectivity index (χ3v) is 5.31. The van der Waals surface area contributed by atoms with Gasteiger partial charge in [-0.3, -0.25) is 9.59 Å². The van der Waals surface area contributed by atoms with Crippen LogP contribution in [0.2, 0.25) is 0 Å². The van der Waals surface area contributed by atoms with Crippen molar-refractivity contribution in [3.63, 3.8) is 0 Å². The molecule has 0 radical (unpaired) electrons. The lowest BCUT2D eigenvalue weighted by atomic mass is 9.71. The number of carbonyl (C=O) groups excluding carboxylic acids is 2. The Hall–Kier alpha value is -2.96. The molecule has 2 atom stereocenters. The fourth-order valence-electron chi connectivity index (χ4n) is 4.10. The lowest BCUT2D eigenvalue weighted by Gasteiger charge is -2.38. The van der Waals surface area contributed by atoms with E-state index in [4.69, 9.17) is 18.9 Å². The molecule has 2 aliphatic rings. The van der Waals surface area contributed by atoms with Crippen LogP contribution in [0.4, 0.5) is 0 Å². The van der Waals surface area contributed by atoms with Crippen molar-refractivity contribution >= 4 is 11.8 Å². The summed E-state index contributed by atoms with van der Waals surface area (Å²) in [6, 6.07) is 3.54. The van der Waals surface area contributed by atoms with E-state index in [9.17, 15) is 9.59 Å². The first kappa shape index (κ1) is 19.8. The largest absolute Gasteiger partial charge is 0.493 e. The molecule has 2 unspecified atom stereocenters. The van der Waals surface area contributed by atoms with Gasteiger partial charge < -0.3 is 24.3 Å². The Labute approximate surface area is 164 Å². The minimum atomic E-state index is -0.766. The Morgan fingerprint density at radius 3 is 2.39 bits per heavy atom. The highest BCUT2D eigenvalue weighted by Crippen LogP contribution is 2.50. The Bertz CT molecular complexity index is 857. The van der Waals surface area contributed by atoms with E-state index in [2.05, 4.69) is 11.9 Å². The van der Waals surface area contributed by atoms with Crippen LogP contribution in [0.5, 0.6) is 17.2 Å². The highest BCUT2D eigenvalue weighted by Gasteiger charge is 2.45. The van der Waals surface area contributed by atoms with Crippen LogP contribution in [0.25, 0.3) is 0 Å². The number of carbonyl (C=O) groups is 2. The number of hydrogen-bond acceptors (Lipinski definition) is 7. The lowest BCUT2D eigenvalue weighted by molar-refractivity contribution is -0.144. The van der Waals surface area contributed by atoms with Crippen molar-refractivity contribution < 1.29 is 28.5 Å². The Balaban J connectivity index is 2.29. The smallest absolute Gasteiger partial charge is 0.315 e. The maximum absolute atomic E-state index is 12.9. The second-order valence-electron chi connectivity index (χ2n) is 6.72. The Morgan fingerprint density at radius 1 is 1.07 bits per heavy atom. The number of rotatable bonds is 5. The third-order valence-electron chi connectivity index (χ3n) is 5.31. The number of hydrogen-bond donors (Lipinski definition) is 1. The highest BCUT2D eigenvalue weighted by molar-refractivity contribution is 6.00. The zero-order valence-corrected chi connectivity index (χ0v) is 16.6. The van der Waals surface area contributed by atoms with Crippen LogP contribution < -0.4 is 19.5 Å². The maximum atomic E-state index is 12.9. The van der Waals surface area contributed by atoms with Gasteiger partial charge in [0.1, 0.15) is 5.92 Å². The summed E-state index contributed by atoms with van der Waals surface area (Å²) in [4.78, 5) is 25.5. The molecule has 1 aliphatic heterocycles. The molecule has 0 saturated heterocycles. The highest BCUT2D eigenvalue weighted by atomic mass is 16.5. The molecule has 1 heterocycles. The van der Waals surface area contributed by atoms with Gasteiger partial charge in [0.25, 0.3) is 0 Å². The number of benzene rings is 1. The number of allylic oxidation sites excluding steroid dienone is 2. The van der Waals surface area contributed by atoms with Crippen molar-refractivity contribution in [2.24, 2.45) is 5.92 Å². The maximum Gasteiger partial charge on any atom is 0.315 e. The number of esters is 1. The van der Waals surface area contributed by atoms with Gasteiger partial charge >= 0.3 is 5.97 Å². The molecule has 1 aliphatic carbocycles. The first-order valence-electron chi connectivity index (χ1n) is 9.07. The van der Waals surface area contributed by atoms with Crippen molar-refractivity contribution in [1.29, 1.82) is 0 Å². The van der Waals surface area contributed by atoms with Gasteiger partial charge in [-0.05, 0) is 18.9 Å². The van der Waals surface area contributed by atoms with Crippen LogP contribution >= 0.6 is 0 Å². The van der Waals surface area contributed by atoms with Crippen LogP contribution in [0, 0.1) is 5.92 Å². The zero-order chi connectivity index (χ0) is 20.4. The summed E-state index contributed by atoms with van der Waals surface area (Å²) < 4.78 is 21.5. The summed E-state index contributed by atoms with van der Waals surface area (Å²) in [7, 11) is 5.89. The first-order chi connectivity index (χ1) is 13.5. The quantitative estimate of drug-likeness (QED) is 0.778. The summed E-state index contributed by atoms with van der Waals surface area (Å²) in [6.45, 7) is 4.03. The lowest BCUT2D eigenvalue weighted by Crippen LogP contribution is -2.41. The predicted octanol–water partition coefficient (Wildman–Crippen LogP) is 2.71. The molecule has 0 spiro atoms. The number of ketones is 1. The Morgan fingerprint density at radius 2 is 1.79 bits per heavy atom. The first-order valence-corrected chi connectivity index (χ1v) is 9.07. The number of Topliss-reactive ketones (excluding diaryl/α,β-unsaturated/α-hetero) is 1. The predicted molar refractivity (Wildman–Crippen MR) is 103 cm³/mol. The zero-order valence-electron chi connectivity index (χ0n) is 16.6. The second-order valence-corrected chi connectivity index (χ2v) is 6.72. The Kier molecular flexibility index (Phi) is 5.63. The van der Waals surface area contributed by atoms with Gasteiger partial charge in [0.15, 0.2) is 17.3 Å². The minimum Gasteiger partial charge on any atom is -0.493 e. The van der Waals surface area contributed by atoms with Crippen LogP contribution in [0.3, 0.4) is 0 Å². The molecule has 7 nitrogen and oxygen atoms in total. The fourth-order valence-corrected chi connectivity index (χ4v) is 4.10. The molecule has 0 saturated carbocycles. The molecular weight excluding hydrogens is 362 g/mol. The molecule has 150 valence electrons. The molecular formula is C21H25NO6. The van der Waals surface area contributed by atoms with Crippen molar-refractivity contribution in [2.45, 2.75) is 25.2 Å². The molecule has 1 aromatic rings. The van der Waals surface area contributed by atoms with E-state index in [-0.39, 0.29) is 5.78 Å². The average molecular weight is 387 g/mol. The minimum absolute atomic E-state index is 0.0111. The topological polar surface area (TPSA) is 83.1 Å². The molecule has 1 aromatic carbocycles. The molecule has 3 rings (SSSR count). The summed E-state index contributed by atoms with van der Waals surface area (Å²) >= 11 is 0. The normalized spacial score (nSPS) is 21.6. The van der Waals surface area contributed by atoms with E-state index >= 15 is 0 Å². The molecule has 0 aromatic heterocycles. The van der Waals surface area contributed by atoms with Crippen LogP contribution in [0.1, 0.15) is 30.7 Å². The van der Waals surface area contributed by atoms with E-state index in [1.54, 1.807) is 12.1 Å². The second kappa shape index (κ2) is 7.96. The molecule has 0 amide bonds. The van der Waals surface area contributed by atoms with Crippen LogP contribution in [-0.4, -0.2) is 40.2 Å². The molecule has 0 fully saturated rings. The van der Waals surface area contributed by atoms with E-state index in [1.807, 2.05) is 0 Å². The van der Waals surface area contributed by atoms with Gasteiger partial charge in [-0.1, -0.05) is 12.6 Å².